The molecule has 6 fully saturated rings. The number of nitrogens with zero attached hydrogens (tertiary/aromatic N) is 1. The number of nitrogens with one attached hydrogen (secondary N) is 4. The normalized spacial score (nSPS) is 44.0. The summed E-state index contributed by atoms with van der Waals surface area (Å²) in [7, 11) is 1.46. The van der Waals surface area contributed by atoms with Crippen LogP contribution in [0.25, 0.3) is 0 Å². The number of esters is 1. The summed E-state index contributed by atoms with van der Waals surface area (Å²) in [5, 5.41) is 48.3. The largest absolute Gasteiger partial charge is 0.492 e. The van der Waals surface area contributed by atoms with Crippen LogP contribution in [0.15, 0.2) is 12.1 Å². The van der Waals surface area contributed by atoms with E-state index in [-0.39, 0.29) is 84.0 Å². The number of ether oxygens (including phenoxy) is 1. The van der Waals surface area contributed by atoms with Crippen LogP contribution in [0.1, 0.15) is 106 Å². The van der Waals surface area contributed by atoms with Gasteiger partial charge in [-0.25, -0.2) is 4.79 Å². The second-order valence-electron chi connectivity index (χ2n) is 18.6. The molecule has 0 radical (unpaired) electrons. The number of methoxy groups -OCH3 is 1. The van der Waals surface area contributed by atoms with Crippen LogP contribution >= 0.6 is 0 Å². The molecule has 12 heteroatoms. The van der Waals surface area contributed by atoms with Crippen LogP contribution in [-0.4, -0.2) is 93.5 Å². The van der Waals surface area contributed by atoms with Crippen molar-refractivity contribution in [2.24, 2.45) is 59.2 Å². The van der Waals surface area contributed by atoms with Crippen molar-refractivity contribution in [3.63, 3.8) is 0 Å². The molecule has 0 spiro atoms. The van der Waals surface area contributed by atoms with Gasteiger partial charge in [0, 0.05) is 85.6 Å². The third-order valence-electron chi connectivity index (χ3n) is 16.0. The maximum Gasteiger partial charge on any atom is 0.333 e. The van der Waals surface area contributed by atoms with Crippen molar-refractivity contribution in [3.05, 3.63) is 12.1 Å². The average molecular weight is 780 g/mol. The van der Waals surface area contributed by atoms with Gasteiger partial charge >= 0.3 is 11.9 Å². The zero-order valence-electron chi connectivity index (χ0n) is 34.6. The molecule has 5 saturated heterocycles. The zero-order chi connectivity index (χ0) is 40.0. The van der Waals surface area contributed by atoms with Gasteiger partial charge in [-0.15, -0.1) is 10.7 Å². The Kier molecular flexibility index (Phi) is 12.7. The minimum Gasteiger partial charge on any atom is -0.492 e. The standard InChI is InChI=1S/C44H69N5O7/c1-8-26-22(3)31-20-34-27(9-2)23(4)41(47-34)29(13-11-10-12-14-39(54)56-49-36(51)16-17-37(49)52)42-24(5)28(15-18-38(53)55-7)43(48-42)30-19-35(50)40-25(6)32(46-44(30)40)21-33(26)45-31/h16-17,22-35,40-48,50-52H,8-10,12,14-15,18-21H2,1-7H3/t22?,23?,24-,25?,26?,27?,28-,29?,30?,31?,32?,33?,34?,35?,40?,41?,42?,43?,44?/m0/s1. The summed E-state index contributed by atoms with van der Waals surface area (Å²) in [5.74, 6) is 9.13. The molecule has 56 heavy (non-hydrogen) atoms. The molecule has 1 saturated carbocycles. The Morgan fingerprint density at radius 2 is 1.36 bits per heavy atom. The minimum absolute atomic E-state index is 0.0197. The van der Waals surface area contributed by atoms with Gasteiger partial charge in [0.1, 0.15) is 0 Å². The van der Waals surface area contributed by atoms with E-state index >= 15 is 0 Å². The predicted molar refractivity (Wildman–Crippen MR) is 213 cm³/mol. The van der Waals surface area contributed by atoms with Gasteiger partial charge in [0.2, 0.25) is 11.8 Å². The number of hydrogen-bond acceptors (Lipinski definition) is 11. The van der Waals surface area contributed by atoms with E-state index < -0.39 is 5.97 Å². The first-order valence-corrected chi connectivity index (χ1v) is 21.9. The van der Waals surface area contributed by atoms with E-state index in [4.69, 9.17) is 9.57 Å². The lowest BCUT2D eigenvalue weighted by atomic mass is 9.73. The molecule has 17 unspecified atom stereocenters. The number of aromatic nitrogens is 1. The first-order chi connectivity index (χ1) is 26.9. The summed E-state index contributed by atoms with van der Waals surface area (Å²) in [5.41, 5.74) is 0. The molecule has 5 aliphatic heterocycles. The van der Waals surface area contributed by atoms with E-state index in [1.165, 1.54) is 19.2 Å². The maximum atomic E-state index is 12.6. The summed E-state index contributed by atoms with van der Waals surface area (Å²) in [6.07, 6.45) is 6.94. The molecule has 312 valence electrons. The number of carbonyl (C=O) groups is 2. The predicted octanol–water partition coefficient (Wildman–Crippen LogP) is 3.96. The Labute approximate surface area is 333 Å². The van der Waals surface area contributed by atoms with Crippen LogP contribution < -0.4 is 26.1 Å². The molecular weight excluding hydrogens is 711 g/mol. The molecule has 0 aromatic carbocycles. The SMILES string of the molecule is CCC1C2CC3NC4C(CC(O)C4C3C)C3NC(C(C#CCCCC(=O)On4c(O)ccc4O)C4NC(CC(N2)C1C)C(CC)C4C)[C@@H](C)[C@@H]3CCC(=O)OC. The molecule has 7 rings (SSSR count). The van der Waals surface area contributed by atoms with Crippen LogP contribution in [0.2, 0.25) is 0 Å². The van der Waals surface area contributed by atoms with Crippen LogP contribution in [-0.2, 0) is 14.3 Å². The smallest absolute Gasteiger partial charge is 0.333 e. The fourth-order valence-electron chi connectivity index (χ4n) is 13.1. The monoisotopic (exact) mass is 780 g/mol. The second-order valence-corrected chi connectivity index (χ2v) is 18.6. The van der Waals surface area contributed by atoms with Crippen LogP contribution in [0.4, 0.5) is 0 Å². The Bertz CT molecular complexity index is 1590. The van der Waals surface area contributed by atoms with Gasteiger partial charge in [-0.3, -0.25) is 4.79 Å². The number of hydrogen-bond donors (Lipinski definition) is 7. The fourth-order valence-corrected chi connectivity index (χ4v) is 13.1. The van der Waals surface area contributed by atoms with Crippen LogP contribution in [0, 0.1) is 71.0 Å². The zero-order valence-corrected chi connectivity index (χ0v) is 34.6. The highest BCUT2D eigenvalue weighted by molar-refractivity contribution is 5.70. The summed E-state index contributed by atoms with van der Waals surface area (Å²) >= 11 is 0. The van der Waals surface area contributed by atoms with Gasteiger partial charge in [-0.05, 0) is 79.4 Å². The average Bonchev–Trinajstić information content (AvgIpc) is 3.99. The third-order valence-corrected chi connectivity index (χ3v) is 16.0. The fraction of sp³-hybridized carbons (Fsp3) is 0.818. The van der Waals surface area contributed by atoms with Gasteiger partial charge in [0.15, 0.2) is 0 Å². The molecule has 8 bridgehead atoms. The molecule has 19 atom stereocenters. The first kappa shape index (κ1) is 41.3. The van der Waals surface area contributed by atoms with Gasteiger partial charge < -0.3 is 46.2 Å². The lowest BCUT2D eigenvalue weighted by Crippen LogP contribution is -2.51. The van der Waals surface area contributed by atoms with Gasteiger partial charge in [-0.2, -0.15) is 0 Å². The summed E-state index contributed by atoms with van der Waals surface area (Å²) in [6.45, 7) is 14.3. The first-order valence-electron chi connectivity index (χ1n) is 21.9. The molecule has 1 aromatic heterocycles. The number of aliphatic hydroxyl groups excluding tert-OH is 1. The number of unbranched alkanes of at least 4 members (excludes halogenated alkanes) is 1. The van der Waals surface area contributed by atoms with Gasteiger partial charge in [0.25, 0.3) is 0 Å². The number of aromatic hydroxyl groups is 2. The summed E-state index contributed by atoms with van der Waals surface area (Å²) in [4.78, 5) is 30.4. The van der Waals surface area contributed by atoms with Crippen LogP contribution in [0.3, 0.4) is 0 Å². The van der Waals surface area contributed by atoms with E-state index in [0.717, 1.165) is 43.3 Å². The number of carbonyl (C=O) groups excluding carboxylic acids is 2. The van der Waals surface area contributed by atoms with Crippen molar-refractivity contribution in [3.8, 4) is 23.6 Å². The molecular formula is C44H69N5O7. The van der Waals surface area contributed by atoms with Crippen molar-refractivity contribution >= 4 is 11.9 Å². The third kappa shape index (κ3) is 7.72. The van der Waals surface area contributed by atoms with Crippen LogP contribution in [0.5, 0.6) is 11.8 Å². The maximum absolute atomic E-state index is 12.6. The van der Waals surface area contributed by atoms with E-state index in [2.05, 4.69) is 74.7 Å². The molecule has 12 nitrogen and oxygen atoms in total. The summed E-state index contributed by atoms with van der Waals surface area (Å²) in [6, 6.07) is 4.63. The van der Waals surface area contributed by atoms with E-state index in [0.29, 0.717) is 73.0 Å². The quantitative estimate of drug-likeness (QED) is 0.110. The Hall–Kier alpha value is -2.82. The highest BCUT2D eigenvalue weighted by atomic mass is 16.7. The van der Waals surface area contributed by atoms with Crippen molar-refractivity contribution in [1.82, 2.24) is 26.0 Å². The van der Waals surface area contributed by atoms with Gasteiger partial charge in [-0.1, -0.05) is 60.3 Å². The lowest BCUT2D eigenvalue weighted by Gasteiger charge is -2.33. The van der Waals surface area contributed by atoms with E-state index in [1.54, 1.807) is 0 Å². The minimum atomic E-state index is -0.558. The lowest BCUT2D eigenvalue weighted by molar-refractivity contribution is -0.145. The Morgan fingerprint density at radius 3 is 2.04 bits per heavy atom. The Morgan fingerprint density at radius 1 is 0.750 bits per heavy atom. The van der Waals surface area contributed by atoms with Crippen molar-refractivity contribution in [2.45, 2.75) is 160 Å². The van der Waals surface area contributed by atoms with Crippen molar-refractivity contribution in [2.75, 3.05) is 7.11 Å². The molecule has 1 aromatic rings. The topological polar surface area (TPSA) is 166 Å². The molecule has 1 aliphatic carbocycles. The van der Waals surface area contributed by atoms with Crippen molar-refractivity contribution < 1.29 is 34.5 Å². The molecule has 0 amide bonds. The highest BCUT2D eigenvalue weighted by Gasteiger charge is 2.59. The number of aliphatic hydroxyl groups is 1. The van der Waals surface area contributed by atoms with E-state index in [1.807, 2.05) is 0 Å². The van der Waals surface area contributed by atoms with E-state index in [9.17, 15) is 24.9 Å². The summed E-state index contributed by atoms with van der Waals surface area (Å²) < 4.78 is 5.87. The molecule has 6 aliphatic rings. The second kappa shape index (κ2) is 17.2. The molecule has 7 N–H and O–H groups in total. The Balaban J connectivity index is 1.21. The van der Waals surface area contributed by atoms with Crippen molar-refractivity contribution in [1.29, 1.82) is 0 Å². The highest BCUT2D eigenvalue weighted by Crippen LogP contribution is 2.51. The number of fused-ring (bicyclic) bond motifs is 8. The van der Waals surface area contributed by atoms with Gasteiger partial charge in [0.05, 0.1) is 19.1 Å². The number of rotatable bonds is 9. The molecule has 6 heterocycles.